The quantitative estimate of drug-likeness (QED) is 0.0211. The molecule has 0 bridgehead atoms. The molecule has 0 fully saturated rings. The largest absolute Gasteiger partial charge is 0.477 e. The standard InChI is InChI=1S/C61H109NO8/c1-6-8-10-12-14-16-18-20-22-24-25-26-27-28-29-30-31-32-33-34-36-37-39-41-43-45-47-49-51-58(63)68-55-57(56-69-61(60(65)66)67-54-53-62(3,4)5)70-59(64)52-50-48-46-44-42-40-38-35-23-21-19-17-15-13-11-9-7-2/h9,11,15,17,21,23,38,40,44,46,57,61H,6-8,10,12-14,16,18-20,22,24-37,39,41-43,45,47-56H2,1-5H3/p+1/b11-9-,17-15-,23-21-,40-38-,46-44-. The molecule has 0 amide bonds. The van der Waals surface area contributed by atoms with Crippen LogP contribution in [-0.2, 0) is 33.3 Å². The van der Waals surface area contributed by atoms with E-state index >= 15 is 0 Å². The van der Waals surface area contributed by atoms with E-state index < -0.39 is 24.3 Å². The number of likely N-dealkylation sites (N-methyl/N-ethyl adjacent to an activating group) is 1. The number of nitrogens with zero attached hydrogens (tertiary/aromatic N) is 1. The molecule has 2 unspecified atom stereocenters. The highest BCUT2D eigenvalue weighted by molar-refractivity contribution is 5.71. The summed E-state index contributed by atoms with van der Waals surface area (Å²) in [5.41, 5.74) is 0. The van der Waals surface area contributed by atoms with Gasteiger partial charge in [-0.1, -0.05) is 248 Å². The molecule has 0 rings (SSSR count). The molecule has 0 aliphatic rings. The van der Waals surface area contributed by atoms with Crippen LogP contribution in [0.3, 0.4) is 0 Å². The second-order valence-corrected chi connectivity index (χ2v) is 20.6. The second-order valence-electron chi connectivity index (χ2n) is 20.6. The average Bonchev–Trinajstić information content (AvgIpc) is 3.33. The van der Waals surface area contributed by atoms with Crippen LogP contribution >= 0.6 is 0 Å². The van der Waals surface area contributed by atoms with Crippen LogP contribution in [0.15, 0.2) is 60.8 Å². The molecule has 0 aromatic rings. The van der Waals surface area contributed by atoms with E-state index in [1.807, 2.05) is 21.1 Å². The topological polar surface area (TPSA) is 108 Å². The summed E-state index contributed by atoms with van der Waals surface area (Å²) in [5.74, 6) is -2.08. The summed E-state index contributed by atoms with van der Waals surface area (Å²) >= 11 is 0. The second kappa shape index (κ2) is 52.3. The number of carboxylic acid groups (broad SMARTS) is 1. The van der Waals surface area contributed by atoms with Gasteiger partial charge in [-0.25, -0.2) is 4.79 Å². The first-order valence-electron chi connectivity index (χ1n) is 29.0. The molecule has 9 nitrogen and oxygen atoms in total. The van der Waals surface area contributed by atoms with Crippen LogP contribution in [0.2, 0.25) is 0 Å². The molecule has 0 aliphatic heterocycles. The Hall–Kier alpha value is -3.01. The van der Waals surface area contributed by atoms with Crippen molar-refractivity contribution in [3.8, 4) is 0 Å². The van der Waals surface area contributed by atoms with E-state index in [-0.39, 0.29) is 32.2 Å². The summed E-state index contributed by atoms with van der Waals surface area (Å²) in [4.78, 5) is 37.3. The summed E-state index contributed by atoms with van der Waals surface area (Å²) in [6, 6.07) is 0. The van der Waals surface area contributed by atoms with E-state index in [9.17, 15) is 19.5 Å². The van der Waals surface area contributed by atoms with Gasteiger partial charge in [0.1, 0.15) is 13.2 Å². The zero-order valence-corrected chi connectivity index (χ0v) is 46.2. The van der Waals surface area contributed by atoms with E-state index in [0.29, 0.717) is 23.9 Å². The number of allylic oxidation sites excluding steroid dienone is 10. The minimum atomic E-state index is -1.53. The van der Waals surface area contributed by atoms with Crippen LogP contribution in [0.25, 0.3) is 0 Å². The van der Waals surface area contributed by atoms with Gasteiger partial charge in [0, 0.05) is 12.8 Å². The molecular weight excluding hydrogens is 875 g/mol. The predicted octanol–water partition coefficient (Wildman–Crippen LogP) is 16.8. The molecule has 2 atom stereocenters. The normalized spacial score (nSPS) is 13.2. The summed E-state index contributed by atoms with van der Waals surface area (Å²) in [5, 5.41) is 9.68. The number of carbonyl (C=O) groups excluding carboxylic acids is 2. The van der Waals surface area contributed by atoms with Crippen molar-refractivity contribution in [1.82, 2.24) is 0 Å². The van der Waals surface area contributed by atoms with Gasteiger partial charge in [-0.15, -0.1) is 0 Å². The van der Waals surface area contributed by atoms with E-state index in [0.717, 1.165) is 57.8 Å². The molecule has 0 aliphatic carbocycles. The molecule has 1 N–H and O–H groups in total. The van der Waals surface area contributed by atoms with Gasteiger partial charge in [0.25, 0.3) is 6.29 Å². The lowest BCUT2D eigenvalue weighted by Crippen LogP contribution is -2.40. The lowest BCUT2D eigenvalue weighted by Gasteiger charge is -2.25. The van der Waals surface area contributed by atoms with Crippen LogP contribution in [0, 0.1) is 0 Å². The molecule has 70 heavy (non-hydrogen) atoms. The minimum absolute atomic E-state index is 0.176. The summed E-state index contributed by atoms with van der Waals surface area (Å²) in [7, 11) is 5.95. The fourth-order valence-electron chi connectivity index (χ4n) is 8.11. The molecule has 0 radical (unpaired) electrons. The SMILES string of the molecule is CC/C=C\C/C=C\C/C=C\C/C=C\C/C=C\CCCC(=O)OC(COC(=O)CCCCCCCCCCCCCCCCCCCCCCCCCCCCCC)COC(OCC[N+](C)(C)C)C(=O)O. The molecule has 0 aromatic carbocycles. The van der Waals surface area contributed by atoms with Crippen molar-refractivity contribution in [3.63, 3.8) is 0 Å². The molecule has 0 spiro atoms. The Morgan fingerprint density at radius 1 is 0.443 bits per heavy atom. The number of carboxylic acids is 1. The van der Waals surface area contributed by atoms with Crippen molar-refractivity contribution in [2.24, 2.45) is 0 Å². The van der Waals surface area contributed by atoms with Gasteiger partial charge in [0.2, 0.25) is 0 Å². The van der Waals surface area contributed by atoms with Crippen molar-refractivity contribution < 1.29 is 42.9 Å². The fourth-order valence-corrected chi connectivity index (χ4v) is 8.11. The van der Waals surface area contributed by atoms with Crippen molar-refractivity contribution in [3.05, 3.63) is 60.8 Å². The maximum Gasteiger partial charge on any atom is 0.361 e. The molecular formula is C61H110NO8+. The number of unbranched alkanes of at least 4 members (excludes halogenated alkanes) is 28. The van der Waals surface area contributed by atoms with Gasteiger partial charge >= 0.3 is 17.9 Å². The first-order valence-corrected chi connectivity index (χ1v) is 29.0. The molecule has 0 saturated carbocycles. The van der Waals surface area contributed by atoms with E-state index in [1.165, 1.54) is 161 Å². The number of hydrogen-bond donors (Lipinski definition) is 1. The lowest BCUT2D eigenvalue weighted by atomic mass is 10.0. The van der Waals surface area contributed by atoms with Crippen LogP contribution < -0.4 is 0 Å². The molecule has 9 heteroatoms. The Bertz CT molecular complexity index is 1330. The Labute approximate surface area is 431 Å². The highest BCUT2D eigenvalue weighted by Crippen LogP contribution is 2.17. The third-order valence-electron chi connectivity index (χ3n) is 12.5. The van der Waals surface area contributed by atoms with Crippen LogP contribution in [0.5, 0.6) is 0 Å². The van der Waals surface area contributed by atoms with Crippen molar-refractivity contribution in [2.45, 2.75) is 264 Å². The number of hydrogen-bond acceptors (Lipinski definition) is 7. The zero-order valence-electron chi connectivity index (χ0n) is 46.2. The summed E-state index contributed by atoms with van der Waals surface area (Å²) in [6.45, 7) is 4.72. The highest BCUT2D eigenvalue weighted by Gasteiger charge is 2.25. The van der Waals surface area contributed by atoms with Crippen molar-refractivity contribution in [1.29, 1.82) is 0 Å². The lowest BCUT2D eigenvalue weighted by molar-refractivity contribution is -0.870. The van der Waals surface area contributed by atoms with Crippen LogP contribution in [0.1, 0.15) is 251 Å². The Morgan fingerprint density at radius 3 is 1.20 bits per heavy atom. The predicted molar refractivity (Wildman–Crippen MR) is 295 cm³/mol. The summed E-state index contributed by atoms with van der Waals surface area (Å²) < 4.78 is 22.8. The van der Waals surface area contributed by atoms with Crippen LogP contribution in [-0.4, -0.2) is 87.4 Å². The first kappa shape index (κ1) is 67.0. The number of aliphatic carboxylic acids is 1. The molecule has 406 valence electrons. The van der Waals surface area contributed by atoms with E-state index in [1.54, 1.807) is 0 Å². The van der Waals surface area contributed by atoms with Gasteiger partial charge in [-0.05, 0) is 51.4 Å². The van der Waals surface area contributed by atoms with E-state index in [2.05, 4.69) is 74.6 Å². The maximum absolute atomic E-state index is 12.8. The third-order valence-corrected chi connectivity index (χ3v) is 12.5. The Kier molecular flexibility index (Phi) is 50.1. The Balaban J connectivity index is 4.20. The number of ether oxygens (including phenoxy) is 4. The Morgan fingerprint density at radius 2 is 0.814 bits per heavy atom. The maximum atomic E-state index is 12.8. The molecule has 0 aromatic heterocycles. The van der Waals surface area contributed by atoms with Gasteiger partial charge in [0.05, 0.1) is 34.4 Å². The van der Waals surface area contributed by atoms with Crippen molar-refractivity contribution >= 4 is 17.9 Å². The van der Waals surface area contributed by atoms with Gasteiger partial charge in [-0.3, -0.25) is 9.59 Å². The summed E-state index contributed by atoms with van der Waals surface area (Å²) in [6.07, 6.45) is 63.3. The van der Waals surface area contributed by atoms with E-state index in [4.69, 9.17) is 18.9 Å². The van der Waals surface area contributed by atoms with Gasteiger partial charge in [0.15, 0.2) is 6.10 Å². The average molecular weight is 986 g/mol. The number of esters is 2. The minimum Gasteiger partial charge on any atom is -0.477 e. The smallest absolute Gasteiger partial charge is 0.361 e. The van der Waals surface area contributed by atoms with Gasteiger partial charge < -0.3 is 28.5 Å². The highest BCUT2D eigenvalue weighted by atomic mass is 16.7. The monoisotopic (exact) mass is 985 g/mol. The molecule has 0 heterocycles. The van der Waals surface area contributed by atoms with Crippen molar-refractivity contribution in [2.75, 3.05) is 47.5 Å². The van der Waals surface area contributed by atoms with Gasteiger partial charge in [-0.2, -0.15) is 0 Å². The molecule has 0 saturated heterocycles. The first-order chi connectivity index (χ1) is 34.1. The fraction of sp³-hybridized carbons (Fsp3) is 0.787. The van der Waals surface area contributed by atoms with Crippen LogP contribution in [0.4, 0.5) is 0 Å². The zero-order chi connectivity index (χ0) is 51.3. The number of carbonyl (C=O) groups is 3. The third kappa shape index (κ3) is 52.8. The number of rotatable bonds is 53. The number of quaternary nitrogens is 1.